The Balaban J connectivity index is 2.38. The van der Waals surface area contributed by atoms with E-state index in [1.165, 1.54) is 18.3 Å². The van der Waals surface area contributed by atoms with Gasteiger partial charge in [0, 0.05) is 12.8 Å². The molecule has 0 amide bonds. The number of aryl methyl sites for hydroxylation is 1. The molecule has 2 N–H and O–H groups in total. The lowest BCUT2D eigenvalue weighted by Crippen LogP contribution is -2.09. The average Bonchev–Trinajstić information content (AvgIpc) is 2.92. The van der Waals surface area contributed by atoms with Gasteiger partial charge in [-0.3, -0.25) is 0 Å². The summed E-state index contributed by atoms with van der Waals surface area (Å²) < 4.78 is 28.0. The number of nitrogens with zero attached hydrogens (tertiary/aromatic N) is 3. The van der Waals surface area contributed by atoms with Crippen LogP contribution >= 0.6 is 11.3 Å². The van der Waals surface area contributed by atoms with Gasteiger partial charge >= 0.3 is 0 Å². The first-order chi connectivity index (χ1) is 8.82. The number of sulfone groups is 1. The molecule has 0 fully saturated rings. The Hall–Kier alpha value is -1.32. The Labute approximate surface area is 114 Å². The molecule has 19 heavy (non-hydrogen) atoms. The SMILES string of the molecule is Cc1nc(CN)sc1-c1nc(C(C)S(C)(=O)=O)no1. The Bertz CT molecular complexity index is 689. The lowest BCUT2D eigenvalue weighted by molar-refractivity contribution is 0.422. The maximum Gasteiger partial charge on any atom is 0.269 e. The largest absolute Gasteiger partial charge is 0.333 e. The molecule has 0 aromatic carbocycles. The van der Waals surface area contributed by atoms with E-state index in [1.54, 1.807) is 0 Å². The van der Waals surface area contributed by atoms with Gasteiger partial charge in [-0.05, 0) is 13.8 Å². The average molecular weight is 302 g/mol. The number of rotatable bonds is 4. The van der Waals surface area contributed by atoms with Gasteiger partial charge in [-0.15, -0.1) is 11.3 Å². The third-order valence-electron chi connectivity index (χ3n) is 2.66. The number of nitrogens with two attached hydrogens (primary N) is 1. The molecular weight excluding hydrogens is 288 g/mol. The van der Waals surface area contributed by atoms with Crippen molar-refractivity contribution < 1.29 is 12.9 Å². The van der Waals surface area contributed by atoms with Crippen LogP contribution in [0.15, 0.2) is 4.52 Å². The van der Waals surface area contributed by atoms with Gasteiger partial charge in [-0.25, -0.2) is 13.4 Å². The van der Waals surface area contributed by atoms with Crippen molar-refractivity contribution in [2.75, 3.05) is 6.26 Å². The fourth-order valence-electron chi connectivity index (χ4n) is 1.42. The first-order valence-electron chi connectivity index (χ1n) is 5.52. The van der Waals surface area contributed by atoms with Gasteiger partial charge < -0.3 is 10.3 Å². The summed E-state index contributed by atoms with van der Waals surface area (Å²) in [5.41, 5.74) is 6.27. The lowest BCUT2D eigenvalue weighted by Gasteiger charge is -2.01. The van der Waals surface area contributed by atoms with E-state index in [-0.39, 0.29) is 11.7 Å². The molecule has 9 heteroatoms. The van der Waals surface area contributed by atoms with Crippen molar-refractivity contribution in [2.45, 2.75) is 25.6 Å². The minimum atomic E-state index is -3.25. The van der Waals surface area contributed by atoms with Crippen LogP contribution in [0.2, 0.25) is 0 Å². The first kappa shape index (κ1) is 14.1. The molecule has 2 rings (SSSR count). The van der Waals surface area contributed by atoms with E-state index in [1.807, 2.05) is 6.92 Å². The van der Waals surface area contributed by atoms with E-state index < -0.39 is 15.1 Å². The van der Waals surface area contributed by atoms with E-state index >= 15 is 0 Å². The first-order valence-corrected chi connectivity index (χ1v) is 8.29. The van der Waals surface area contributed by atoms with Crippen molar-refractivity contribution in [1.82, 2.24) is 15.1 Å². The van der Waals surface area contributed by atoms with E-state index in [4.69, 9.17) is 10.3 Å². The van der Waals surface area contributed by atoms with Crippen LogP contribution in [0.1, 0.15) is 28.7 Å². The van der Waals surface area contributed by atoms with Crippen molar-refractivity contribution in [2.24, 2.45) is 5.73 Å². The molecule has 0 aliphatic heterocycles. The van der Waals surface area contributed by atoms with E-state index in [9.17, 15) is 8.42 Å². The molecule has 0 radical (unpaired) electrons. The molecule has 104 valence electrons. The zero-order chi connectivity index (χ0) is 14.2. The molecule has 7 nitrogen and oxygen atoms in total. The van der Waals surface area contributed by atoms with Gasteiger partial charge in [-0.1, -0.05) is 5.16 Å². The van der Waals surface area contributed by atoms with Crippen molar-refractivity contribution in [3.05, 3.63) is 16.5 Å². The van der Waals surface area contributed by atoms with Crippen LogP contribution in [0.4, 0.5) is 0 Å². The highest BCUT2D eigenvalue weighted by Crippen LogP contribution is 2.30. The minimum absolute atomic E-state index is 0.152. The third-order valence-corrected chi connectivity index (χ3v) is 5.32. The maximum absolute atomic E-state index is 11.4. The zero-order valence-electron chi connectivity index (χ0n) is 10.7. The van der Waals surface area contributed by atoms with Gasteiger partial charge in [0.05, 0.1) is 5.69 Å². The smallest absolute Gasteiger partial charge is 0.269 e. The number of hydrogen-bond acceptors (Lipinski definition) is 8. The number of thiazole rings is 1. The molecule has 1 unspecified atom stereocenters. The normalized spacial score (nSPS) is 13.7. The summed E-state index contributed by atoms with van der Waals surface area (Å²) in [6, 6.07) is 0. The van der Waals surface area contributed by atoms with Crippen LogP contribution in [0.25, 0.3) is 10.8 Å². The number of hydrogen-bond donors (Lipinski definition) is 1. The molecule has 0 bridgehead atoms. The molecule has 0 saturated carbocycles. The quantitative estimate of drug-likeness (QED) is 0.898. The fourth-order valence-corrected chi connectivity index (χ4v) is 2.77. The molecule has 0 saturated heterocycles. The van der Waals surface area contributed by atoms with Crippen molar-refractivity contribution >= 4 is 21.2 Å². The van der Waals surface area contributed by atoms with Crippen molar-refractivity contribution in [1.29, 1.82) is 0 Å². The summed E-state index contributed by atoms with van der Waals surface area (Å²) >= 11 is 1.36. The van der Waals surface area contributed by atoms with Crippen LogP contribution in [0, 0.1) is 6.92 Å². The summed E-state index contributed by atoms with van der Waals surface area (Å²) in [5, 5.41) is 3.69. The molecule has 2 heterocycles. The van der Waals surface area contributed by atoms with Crippen LogP contribution in [0.3, 0.4) is 0 Å². The van der Waals surface area contributed by atoms with Crippen molar-refractivity contribution in [3.8, 4) is 10.8 Å². The Morgan fingerprint density at radius 2 is 2.11 bits per heavy atom. The highest BCUT2D eigenvalue weighted by atomic mass is 32.2. The molecular formula is C10H14N4O3S2. The second-order valence-electron chi connectivity index (χ2n) is 4.16. The maximum atomic E-state index is 11.4. The standard InChI is InChI=1S/C10H14N4O3S2/c1-5-8(18-7(4-11)12-5)10-13-9(14-17-10)6(2)19(3,15)16/h6H,4,11H2,1-3H3. The second-order valence-corrected chi connectivity index (χ2v) is 7.61. The highest BCUT2D eigenvalue weighted by Gasteiger charge is 2.24. The predicted molar refractivity (Wildman–Crippen MR) is 71.3 cm³/mol. The van der Waals surface area contributed by atoms with E-state index in [0.29, 0.717) is 6.54 Å². The summed E-state index contributed by atoms with van der Waals surface area (Å²) in [7, 11) is -3.25. The molecule has 0 spiro atoms. The Morgan fingerprint density at radius 1 is 1.42 bits per heavy atom. The van der Waals surface area contributed by atoms with Crippen LogP contribution < -0.4 is 5.73 Å². The molecule has 2 aromatic rings. The molecule has 0 aliphatic carbocycles. The van der Waals surface area contributed by atoms with Gasteiger partial charge in [-0.2, -0.15) is 4.98 Å². The minimum Gasteiger partial charge on any atom is -0.333 e. The van der Waals surface area contributed by atoms with Crippen LogP contribution in [0.5, 0.6) is 0 Å². The predicted octanol–water partition coefficient (Wildman–Crippen LogP) is 1.07. The topological polar surface area (TPSA) is 112 Å². The van der Waals surface area contributed by atoms with Gasteiger partial charge in [0.1, 0.15) is 15.1 Å². The zero-order valence-corrected chi connectivity index (χ0v) is 12.4. The second kappa shape index (κ2) is 4.99. The van der Waals surface area contributed by atoms with E-state index in [0.717, 1.165) is 21.8 Å². The Kier molecular flexibility index (Phi) is 3.70. The summed E-state index contributed by atoms with van der Waals surface area (Å²) in [6.07, 6.45) is 1.14. The molecule has 1 atom stereocenters. The number of aromatic nitrogens is 3. The van der Waals surface area contributed by atoms with E-state index in [2.05, 4.69) is 15.1 Å². The third kappa shape index (κ3) is 2.82. The summed E-state index contributed by atoms with van der Waals surface area (Å²) in [6.45, 7) is 3.68. The van der Waals surface area contributed by atoms with Gasteiger partial charge in [0.2, 0.25) is 0 Å². The van der Waals surface area contributed by atoms with Crippen LogP contribution in [-0.4, -0.2) is 29.8 Å². The Morgan fingerprint density at radius 3 is 2.63 bits per heavy atom. The monoisotopic (exact) mass is 302 g/mol. The van der Waals surface area contributed by atoms with Gasteiger partial charge in [0.25, 0.3) is 5.89 Å². The van der Waals surface area contributed by atoms with Gasteiger partial charge in [0.15, 0.2) is 15.7 Å². The molecule has 2 aromatic heterocycles. The summed E-state index contributed by atoms with van der Waals surface area (Å²) in [5.74, 6) is 0.430. The fraction of sp³-hybridized carbons (Fsp3) is 0.500. The van der Waals surface area contributed by atoms with Crippen molar-refractivity contribution in [3.63, 3.8) is 0 Å². The highest BCUT2D eigenvalue weighted by molar-refractivity contribution is 7.90. The molecule has 0 aliphatic rings. The lowest BCUT2D eigenvalue weighted by atomic mass is 10.4. The summed E-state index contributed by atoms with van der Waals surface area (Å²) in [4.78, 5) is 9.11. The van der Waals surface area contributed by atoms with Crippen LogP contribution in [-0.2, 0) is 16.4 Å².